The number of hydrogen-bond acceptors (Lipinski definition) is 2. The zero-order valence-electron chi connectivity index (χ0n) is 9.89. The highest BCUT2D eigenvalue weighted by Gasteiger charge is 2.50. The van der Waals surface area contributed by atoms with Gasteiger partial charge in [-0.2, -0.15) is 0 Å². The summed E-state index contributed by atoms with van der Waals surface area (Å²) in [6.45, 7) is 10.8. The van der Waals surface area contributed by atoms with Gasteiger partial charge in [0.2, 0.25) is 0 Å². The Bertz CT molecular complexity index is 216. The van der Waals surface area contributed by atoms with Gasteiger partial charge in [-0.1, -0.05) is 27.7 Å². The van der Waals surface area contributed by atoms with Crippen molar-refractivity contribution < 1.29 is 0 Å². The first-order chi connectivity index (χ1) is 6.44. The Hall–Kier alpha value is 0.310. The first kappa shape index (κ1) is 10.8. The van der Waals surface area contributed by atoms with Gasteiger partial charge < -0.3 is 5.32 Å². The van der Waals surface area contributed by atoms with Gasteiger partial charge >= 0.3 is 0 Å². The molecule has 1 saturated carbocycles. The summed E-state index contributed by atoms with van der Waals surface area (Å²) in [4.78, 5) is 0.413. The lowest BCUT2D eigenvalue weighted by Crippen LogP contribution is -2.50. The van der Waals surface area contributed by atoms with E-state index in [0.29, 0.717) is 10.3 Å². The summed E-state index contributed by atoms with van der Waals surface area (Å²) in [6.07, 6.45) is 2.72. The molecule has 1 aliphatic carbocycles. The molecule has 3 unspecified atom stereocenters. The molecule has 0 radical (unpaired) electrons. The molecule has 0 amide bonds. The lowest BCUT2D eigenvalue weighted by molar-refractivity contribution is 0.333. The van der Waals surface area contributed by atoms with Crippen LogP contribution < -0.4 is 5.32 Å². The second kappa shape index (κ2) is 3.41. The van der Waals surface area contributed by atoms with Crippen LogP contribution in [0.3, 0.4) is 0 Å². The normalized spacial score (nSPS) is 47.1. The van der Waals surface area contributed by atoms with Crippen LogP contribution in [0.25, 0.3) is 0 Å². The Labute approximate surface area is 92.4 Å². The van der Waals surface area contributed by atoms with Gasteiger partial charge in [-0.3, -0.25) is 0 Å². The molecule has 1 spiro atoms. The van der Waals surface area contributed by atoms with Crippen molar-refractivity contribution in [3.05, 3.63) is 0 Å². The van der Waals surface area contributed by atoms with Crippen LogP contribution in [0.4, 0.5) is 0 Å². The molecule has 3 atom stereocenters. The zero-order chi connectivity index (χ0) is 10.4. The van der Waals surface area contributed by atoms with Crippen molar-refractivity contribution in [2.75, 3.05) is 12.3 Å². The fourth-order valence-corrected chi connectivity index (χ4v) is 4.87. The van der Waals surface area contributed by atoms with E-state index in [4.69, 9.17) is 0 Å². The van der Waals surface area contributed by atoms with Crippen LogP contribution in [0.15, 0.2) is 0 Å². The fraction of sp³-hybridized carbons (Fsp3) is 1.00. The second-order valence-electron chi connectivity index (χ2n) is 6.13. The van der Waals surface area contributed by atoms with Crippen LogP contribution in [0.2, 0.25) is 0 Å². The molecule has 0 aromatic heterocycles. The molecule has 1 heterocycles. The zero-order valence-corrected chi connectivity index (χ0v) is 10.7. The van der Waals surface area contributed by atoms with Crippen LogP contribution in [-0.2, 0) is 0 Å². The Morgan fingerprint density at radius 2 is 2.00 bits per heavy atom. The molecular formula is C12H23NS. The average molecular weight is 213 g/mol. The van der Waals surface area contributed by atoms with Gasteiger partial charge in [0, 0.05) is 0 Å². The maximum Gasteiger partial charge on any atom is 0.0676 e. The molecule has 0 bridgehead atoms. The Balaban J connectivity index is 2.09. The molecule has 1 nitrogen and oxygen atoms in total. The van der Waals surface area contributed by atoms with Crippen LogP contribution in [-0.4, -0.2) is 17.2 Å². The van der Waals surface area contributed by atoms with Gasteiger partial charge in [0.05, 0.1) is 4.87 Å². The Kier molecular flexibility index (Phi) is 2.64. The molecule has 0 aromatic carbocycles. The summed E-state index contributed by atoms with van der Waals surface area (Å²) < 4.78 is 0. The van der Waals surface area contributed by atoms with Gasteiger partial charge in [-0.15, -0.1) is 11.8 Å². The summed E-state index contributed by atoms with van der Waals surface area (Å²) in [5.41, 5.74) is 0.542. The average Bonchev–Trinajstić information content (AvgIpc) is 2.29. The van der Waals surface area contributed by atoms with E-state index < -0.39 is 0 Å². The molecule has 1 N–H and O–H groups in total. The van der Waals surface area contributed by atoms with E-state index in [1.165, 1.54) is 25.1 Å². The Morgan fingerprint density at radius 1 is 1.29 bits per heavy atom. The topological polar surface area (TPSA) is 12.0 Å². The highest BCUT2D eigenvalue weighted by atomic mass is 32.2. The van der Waals surface area contributed by atoms with Crippen molar-refractivity contribution in [3.8, 4) is 0 Å². The predicted molar refractivity (Wildman–Crippen MR) is 64.5 cm³/mol. The molecule has 14 heavy (non-hydrogen) atoms. The number of nitrogens with one attached hydrogen (secondary N) is 1. The SMILES string of the molecule is CC1CNC2(CC(C)(C)CC2C)SC1. The third-order valence-corrected chi connectivity index (χ3v) is 5.71. The quantitative estimate of drug-likeness (QED) is 0.663. The number of hydrogen-bond donors (Lipinski definition) is 1. The summed E-state index contributed by atoms with van der Waals surface area (Å²) in [5, 5.41) is 3.81. The molecule has 82 valence electrons. The smallest absolute Gasteiger partial charge is 0.0676 e. The minimum Gasteiger partial charge on any atom is -0.302 e. The molecule has 2 heteroatoms. The molecule has 1 aliphatic heterocycles. The lowest BCUT2D eigenvalue weighted by atomic mass is 9.91. The fourth-order valence-electron chi connectivity index (χ4n) is 3.13. The van der Waals surface area contributed by atoms with Gasteiger partial charge in [0.1, 0.15) is 0 Å². The van der Waals surface area contributed by atoms with E-state index in [9.17, 15) is 0 Å². The van der Waals surface area contributed by atoms with Crippen molar-refractivity contribution in [3.63, 3.8) is 0 Å². The number of rotatable bonds is 0. The van der Waals surface area contributed by atoms with Gasteiger partial charge in [0.25, 0.3) is 0 Å². The minimum absolute atomic E-state index is 0.413. The van der Waals surface area contributed by atoms with Crippen molar-refractivity contribution in [1.82, 2.24) is 5.32 Å². The highest BCUT2D eigenvalue weighted by molar-refractivity contribution is 8.00. The maximum atomic E-state index is 3.81. The van der Waals surface area contributed by atoms with Gasteiger partial charge in [0.15, 0.2) is 0 Å². The largest absolute Gasteiger partial charge is 0.302 e. The van der Waals surface area contributed by atoms with E-state index >= 15 is 0 Å². The van der Waals surface area contributed by atoms with E-state index in [2.05, 4.69) is 44.8 Å². The van der Waals surface area contributed by atoms with Crippen LogP contribution in [0.5, 0.6) is 0 Å². The minimum atomic E-state index is 0.413. The van der Waals surface area contributed by atoms with Gasteiger partial charge in [-0.05, 0) is 42.4 Å². The summed E-state index contributed by atoms with van der Waals surface area (Å²) in [6, 6.07) is 0. The van der Waals surface area contributed by atoms with Crippen molar-refractivity contribution in [1.29, 1.82) is 0 Å². The standard InChI is InChI=1S/C12H23NS/c1-9-6-13-12(14-7-9)8-11(3,4)5-10(12)2/h9-10,13H,5-8H2,1-4H3. The van der Waals surface area contributed by atoms with E-state index in [0.717, 1.165) is 11.8 Å². The highest BCUT2D eigenvalue weighted by Crippen LogP contribution is 2.53. The third-order valence-electron chi connectivity index (χ3n) is 3.77. The summed E-state index contributed by atoms with van der Waals surface area (Å²) in [5.74, 6) is 3.02. The third kappa shape index (κ3) is 1.83. The maximum absolute atomic E-state index is 3.81. The molecule has 1 saturated heterocycles. The predicted octanol–water partition coefficient (Wildman–Crippen LogP) is 3.11. The summed E-state index contributed by atoms with van der Waals surface area (Å²) in [7, 11) is 0. The molecule has 0 aromatic rings. The molecular weight excluding hydrogens is 190 g/mol. The molecule has 2 fully saturated rings. The Morgan fingerprint density at radius 3 is 2.43 bits per heavy atom. The van der Waals surface area contributed by atoms with E-state index in [-0.39, 0.29) is 0 Å². The monoisotopic (exact) mass is 213 g/mol. The van der Waals surface area contributed by atoms with Crippen LogP contribution >= 0.6 is 11.8 Å². The van der Waals surface area contributed by atoms with E-state index in [1.54, 1.807) is 0 Å². The van der Waals surface area contributed by atoms with Crippen molar-refractivity contribution in [2.24, 2.45) is 17.3 Å². The lowest BCUT2D eigenvalue weighted by Gasteiger charge is -2.41. The first-order valence-corrected chi connectivity index (χ1v) is 6.81. The van der Waals surface area contributed by atoms with Crippen molar-refractivity contribution in [2.45, 2.75) is 45.4 Å². The first-order valence-electron chi connectivity index (χ1n) is 5.83. The van der Waals surface area contributed by atoms with Crippen LogP contribution in [0.1, 0.15) is 40.5 Å². The molecule has 2 rings (SSSR count). The van der Waals surface area contributed by atoms with E-state index in [1.807, 2.05) is 0 Å². The summed E-state index contributed by atoms with van der Waals surface area (Å²) >= 11 is 2.18. The second-order valence-corrected chi connectivity index (χ2v) is 7.48. The number of thioether (sulfide) groups is 1. The van der Waals surface area contributed by atoms with Crippen LogP contribution in [0, 0.1) is 17.3 Å². The molecule has 2 aliphatic rings. The van der Waals surface area contributed by atoms with Crippen molar-refractivity contribution >= 4 is 11.8 Å². The van der Waals surface area contributed by atoms with Gasteiger partial charge in [-0.25, -0.2) is 0 Å².